The average molecular weight is 223 g/mol. The lowest BCUT2D eigenvalue weighted by Crippen LogP contribution is -2.35. The van der Waals surface area contributed by atoms with Crippen molar-refractivity contribution in [3.05, 3.63) is 34.4 Å². The van der Waals surface area contributed by atoms with Gasteiger partial charge in [0.05, 0.1) is 0 Å². The third kappa shape index (κ3) is 2.82. The molecule has 0 aliphatic carbocycles. The third-order valence-corrected chi connectivity index (χ3v) is 3.33. The second-order valence-corrected chi connectivity index (χ2v) is 4.76. The molecule has 0 aliphatic heterocycles. The van der Waals surface area contributed by atoms with Gasteiger partial charge in [0.1, 0.15) is 5.67 Å². The Bertz CT molecular complexity index is 344. The summed E-state index contributed by atoms with van der Waals surface area (Å²) in [5.74, 6) is 0. The molecule has 16 heavy (non-hydrogen) atoms. The Hall–Kier alpha value is -0.890. The molecule has 0 saturated heterocycles. The summed E-state index contributed by atoms with van der Waals surface area (Å²) < 4.78 is 14.3. The molecule has 1 aromatic rings. The summed E-state index contributed by atoms with van der Waals surface area (Å²) in [6, 6.07) is 4.21. The van der Waals surface area contributed by atoms with E-state index in [0.29, 0.717) is 12.8 Å². The van der Waals surface area contributed by atoms with Crippen LogP contribution in [0.1, 0.15) is 35.6 Å². The lowest BCUT2D eigenvalue weighted by Gasteiger charge is -2.24. The summed E-state index contributed by atoms with van der Waals surface area (Å²) in [5.41, 5.74) is 8.94. The number of halogens is 1. The Labute approximate surface area is 97.9 Å². The van der Waals surface area contributed by atoms with E-state index >= 15 is 0 Å². The quantitative estimate of drug-likeness (QED) is 0.833. The van der Waals surface area contributed by atoms with Crippen LogP contribution in [0, 0.1) is 20.8 Å². The van der Waals surface area contributed by atoms with Gasteiger partial charge < -0.3 is 5.73 Å². The molecule has 90 valence electrons. The van der Waals surface area contributed by atoms with Crippen LogP contribution in [-0.2, 0) is 6.42 Å². The molecule has 0 fully saturated rings. The van der Waals surface area contributed by atoms with Crippen LogP contribution in [0.25, 0.3) is 0 Å². The summed E-state index contributed by atoms with van der Waals surface area (Å²) >= 11 is 0. The number of benzene rings is 1. The second-order valence-electron chi connectivity index (χ2n) is 4.76. The summed E-state index contributed by atoms with van der Waals surface area (Å²) in [6.07, 6.45) is 0.897. The van der Waals surface area contributed by atoms with Crippen LogP contribution in [0.15, 0.2) is 12.1 Å². The van der Waals surface area contributed by atoms with E-state index in [1.165, 1.54) is 16.7 Å². The number of alkyl halides is 1. The van der Waals surface area contributed by atoms with Gasteiger partial charge in [-0.15, -0.1) is 0 Å². The van der Waals surface area contributed by atoms with E-state index in [1.807, 2.05) is 20.8 Å². The van der Waals surface area contributed by atoms with Crippen LogP contribution >= 0.6 is 0 Å². The predicted octanol–water partition coefficient (Wildman–Crippen LogP) is 3.23. The molecule has 0 bridgehead atoms. The fraction of sp³-hybridized carbons (Fsp3) is 0.571. The molecule has 1 atom stereocenters. The molecular weight excluding hydrogens is 201 g/mol. The largest absolute Gasteiger partial charge is 0.328 e. The molecule has 0 radical (unpaired) electrons. The smallest absolute Gasteiger partial charge is 0.127 e. The van der Waals surface area contributed by atoms with E-state index in [1.54, 1.807) is 0 Å². The van der Waals surface area contributed by atoms with Crippen molar-refractivity contribution < 1.29 is 4.39 Å². The molecule has 0 amide bonds. The highest BCUT2D eigenvalue weighted by Gasteiger charge is 2.27. The second kappa shape index (κ2) is 4.96. The van der Waals surface area contributed by atoms with Crippen molar-refractivity contribution in [1.82, 2.24) is 0 Å². The molecule has 1 nitrogen and oxygen atoms in total. The molecule has 1 aromatic carbocycles. The zero-order chi connectivity index (χ0) is 12.3. The summed E-state index contributed by atoms with van der Waals surface area (Å²) in [5, 5.41) is 0. The third-order valence-electron chi connectivity index (χ3n) is 3.33. The van der Waals surface area contributed by atoms with Crippen LogP contribution in [0.3, 0.4) is 0 Å². The van der Waals surface area contributed by atoms with Crippen molar-refractivity contribution in [2.24, 2.45) is 5.73 Å². The maximum atomic E-state index is 14.3. The van der Waals surface area contributed by atoms with E-state index in [4.69, 9.17) is 5.73 Å². The number of hydrogen-bond acceptors (Lipinski definition) is 1. The molecule has 0 saturated carbocycles. The first-order chi connectivity index (χ1) is 7.41. The summed E-state index contributed by atoms with van der Waals surface area (Å²) in [4.78, 5) is 0. The maximum Gasteiger partial charge on any atom is 0.127 e. The maximum absolute atomic E-state index is 14.3. The van der Waals surface area contributed by atoms with Crippen LogP contribution in [-0.4, -0.2) is 12.2 Å². The highest BCUT2D eigenvalue weighted by Crippen LogP contribution is 2.26. The van der Waals surface area contributed by atoms with E-state index in [-0.39, 0.29) is 6.54 Å². The first kappa shape index (κ1) is 13.2. The van der Waals surface area contributed by atoms with Gasteiger partial charge in [0, 0.05) is 13.0 Å². The number of aryl methyl sites for hydroxylation is 3. The van der Waals surface area contributed by atoms with Gasteiger partial charge in [-0.05, 0) is 43.9 Å². The zero-order valence-electron chi connectivity index (χ0n) is 10.7. The molecule has 2 heteroatoms. The molecule has 1 rings (SSSR count). The van der Waals surface area contributed by atoms with Gasteiger partial charge in [-0.25, -0.2) is 4.39 Å². The van der Waals surface area contributed by atoms with E-state index < -0.39 is 5.67 Å². The van der Waals surface area contributed by atoms with Crippen molar-refractivity contribution in [3.8, 4) is 0 Å². The standard InChI is InChI=1S/C14H22FN/c1-5-14(15,9-16)8-13-11(3)6-10(2)7-12(13)4/h6-7H,5,8-9,16H2,1-4H3. The lowest BCUT2D eigenvalue weighted by atomic mass is 9.88. The predicted molar refractivity (Wildman–Crippen MR) is 67.5 cm³/mol. The Balaban J connectivity index is 3.06. The van der Waals surface area contributed by atoms with Gasteiger partial charge in [-0.3, -0.25) is 0 Å². The summed E-state index contributed by atoms with van der Waals surface area (Å²) in [7, 11) is 0. The van der Waals surface area contributed by atoms with Crippen LogP contribution < -0.4 is 5.73 Å². The zero-order valence-corrected chi connectivity index (χ0v) is 10.7. The molecular formula is C14H22FN. The average Bonchev–Trinajstić information content (AvgIpc) is 2.23. The molecule has 1 unspecified atom stereocenters. The van der Waals surface area contributed by atoms with Crippen LogP contribution in [0.5, 0.6) is 0 Å². The number of rotatable bonds is 4. The first-order valence-electron chi connectivity index (χ1n) is 5.87. The van der Waals surface area contributed by atoms with Gasteiger partial charge in [0.15, 0.2) is 0 Å². The van der Waals surface area contributed by atoms with Crippen molar-refractivity contribution in [3.63, 3.8) is 0 Å². The minimum Gasteiger partial charge on any atom is -0.328 e. The van der Waals surface area contributed by atoms with Gasteiger partial charge in [-0.1, -0.05) is 24.6 Å². The topological polar surface area (TPSA) is 26.0 Å². The van der Waals surface area contributed by atoms with Crippen LogP contribution in [0.4, 0.5) is 4.39 Å². The fourth-order valence-corrected chi connectivity index (χ4v) is 2.15. The van der Waals surface area contributed by atoms with Gasteiger partial charge in [-0.2, -0.15) is 0 Å². The normalized spacial score (nSPS) is 14.9. The molecule has 0 heterocycles. The monoisotopic (exact) mass is 223 g/mol. The van der Waals surface area contributed by atoms with Crippen molar-refractivity contribution in [1.29, 1.82) is 0 Å². The van der Waals surface area contributed by atoms with Crippen LogP contribution in [0.2, 0.25) is 0 Å². The van der Waals surface area contributed by atoms with Crippen molar-refractivity contribution in [2.45, 2.75) is 46.2 Å². The van der Waals surface area contributed by atoms with Gasteiger partial charge in [0.25, 0.3) is 0 Å². The van der Waals surface area contributed by atoms with E-state index in [0.717, 1.165) is 5.56 Å². The minimum absolute atomic E-state index is 0.0935. The van der Waals surface area contributed by atoms with E-state index in [9.17, 15) is 4.39 Å². The van der Waals surface area contributed by atoms with E-state index in [2.05, 4.69) is 19.1 Å². The van der Waals surface area contributed by atoms with Gasteiger partial charge in [0.2, 0.25) is 0 Å². The highest BCUT2D eigenvalue weighted by atomic mass is 19.1. The van der Waals surface area contributed by atoms with Crippen molar-refractivity contribution in [2.75, 3.05) is 6.54 Å². The van der Waals surface area contributed by atoms with Crippen molar-refractivity contribution >= 4 is 0 Å². The highest BCUT2D eigenvalue weighted by molar-refractivity contribution is 5.38. The molecule has 0 aliphatic rings. The number of nitrogens with two attached hydrogens (primary N) is 1. The molecule has 0 spiro atoms. The van der Waals surface area contributed by atoms with Gasteiger partial charge >= 0.3 is 0 Å². The molecule has 2 N–H and O–H groups in total. The SMILES string of the molecule is CCC(F)(CN)Cc1c(C)cc(C)cc1C. The number of hydrogen-bond donors (Lipinski definition) is 1. The molecule has 0 aromatic heterocycles. The first-order valence-corrected chi connectivity index (χ1v) is 5.87. The Morgan fingerprint density at radius 2 is 1.69 bits per heavy atom. The lowest BCUT2D eigenvalue weighted by molar-refractivity contribution is 0.167. The Morgan fingerprint density at radius 3 is 2.06 bits per heavy atom. The summed E-state index contributed by atoms with van der Waals surface area (Å²) in [6.45, 7) is 8.10. The fourth-order valence-electron chi connectivity index (χ4n) is 2.15. The Kier molecular flexibility index (Phi) is 4.09. The minimum atomic E-state index is -1.26. The Morgan fingerprint density at radius 1 is 1.19 bits per heavy atom.